The van der Waals surface area contributed by atoms with Gasteiger partial charge in [-0.2, -0.15) is 4.98 Å². The molecular weight excluding hydrogens is 384 g/mol. The van der Waals surface area contributed by atoms with Gasteiger partial charge in [-0.25, -0.2) is 4.79 Å². The number of rotatable bonds is 5. The van der Waals surface area contributed by atoms with Crippen molar-refractivity contribution < 1.29 is 19.0 Å². The quantitative estimate of drug-likeness (QED) is 0.427. The van der Waals surface area contributed by atoms with Crippen molar-refractivity contribution in [3.8, 4) is 24.0 Å². The summed E-state index contributed by atoms with van der Waals surface area (Å²) in [5, 5.41) is 0. The summed E-state index contributed by atoms with van der Waals surface area (Å²) in [6.45, 7) is 7.51. The average molecular weight is 410 g/mol. The Bertz CT molecular complexity index is 1010. The Morgan fingerprint density at radius 3 is 2.57 bits per heavy atom. The Balaban J connectivity index is 1.68. The van der Waals surface area contributed by atoms with Gasteiger partial charge in [0, 0.05) is 6.20 Å². The maximum atomic E-state index is 12.4. The van der Waals surface area contributed by atoms with Crippen LogP contribution in [0.15, 0.2) is 35.3 Å². The molecule has 0 spiro atoms. The smallest absolute Gasteiger partial charge is 0.353 e. The van der Waals surface area contributed by atoms with Crippen molar-refractivity contribution in [3.05, 3.63) is 52.1 Å². The average Bonchev–Trinajstić information content (AvgIpc) is 3.12. The number of terminal acetylenes is 1. The van der Waals surface area contributed by atoms with Gasteiger partial charge in [-0.15, -0.1) is 6.42 Å². The van der Waals surface area contributed by atoms with E-state index in [0.717, 1.165) is 18.4 Å². The Kier molecular flexibility index (Phi) is 6.28. The van der Waals surface area contributed by atoms with Gasteiger partial charge in [-0.3, -0.25) is 9.36 Å². The van der Waals surface area contributed by atoms with Gasteiger partial charge in [-0.1, -0.05) is 18.1 Å². The molecule has 2 aromatic rings. The second-order valence-corrected chi connectivity index (χ2v) is 8.34. The number of benzene rings is 1. The standard InChI is InChI=1S/C23H26N2O5/c1-6-17-13-25(19-12-7-15(2)29-19)22(27)24-20(17)28-14-16-8-10-18(11-9-16)30-21(26)23(3,4)5/h1,8-11,13,15,19H,7,12,14H2,2-5H3. The van der Waals surface area contributed by atoms with Crippen LogP contribution in [-0.2, 0) is 16.1 Å². The number of aromatic nitrogens is 2. The van der Waals surface area contributed by atoms with Crippen LogP contribution < -0.4 is 15.2 Å². The summed E-state index contributed by atoms with van der Waals surface area (Å²) in [4.78, 5) is 28.4. The number of carbonyl (C=O) groups is 1. The molecule has 1 saturated heterocycles. The highest BCUT2D eigenvalue weighted by molar-refractivity contribution is 5.77. The van der Waals surface area contributed by atoms with E-state index in [4.69, 9.17) is 20.6 Å². The van der Waals surface area contributed by atoms with Crippen molar-refractivity contribution in [3.63, 3.8) is 0 Å². The molecule has 158 valence electrons. The highest BCUT2D eigenvalue weighted by Crippen LogP contribution is 2.27. The molecule has 3 rings (SSSR count). The van der Waals surface area contributed by atoms with E-state index in [2.05, 4.69) is 10.9 Å². The minimum Gasteiger partial charge on any atom is -0.472 e. The van der Waals surface area contributed by atoms with E-state index in [1.165, 1.54) is 4.57 Å². The molecule has 0 N–H and O–H groups in total. The van der Waals surface area contributed by atoms with E-state index in [0.29, 0.717) is 11.3 Å². The lowest BCUT2D eigenvalue weighted by atomic mass is 9.97. The lowest BCUT2D eigenvalue weighted by Crippen LogP contribution is -2.28. The van der Waals surface area contributed by atoms with Gasteiger partial charge in [-0.05, 0) is 58.2 Å². The van der Waals surface area contributed by atoms with Gasteiger partial charge >= 0.3 is 11.7 Å². The van der Waals surface area contributed by atoms with Crippen molar-refractivity contribution in [1.82, 2.24) is 9.55 Å². The largest absolute Gasteiger partial charge is 0.472 e. The molecule has 7 nitrogen and oxygen atoms in total. The summed E-state index contributed by atoms with van der Waals surface area (Å²) < 4.78 is 18.2. The Morgan fingerprint density at radius 1 is 1.30 bits per heavy atom. The zero-order chi connectivity index (χ0) is 21.9. The molecular formula is C23H26N2O5. The number of nitrogens with zero attached hydrogens (tertiary/aromatic N) is 2. The minimum absolute atomic E-state index is 0.0951. The van der Waals surface area contributed by atoms with Gasteiger partial charge in [0.1, 0.15) is 24.1 Å². The summed E-state index contributed by atoms with van der Waals surface area (Å²) in [6.07, 6.45) is 8.50. The van der Waals surface area contributed by atoms with Crippen molar-refractivity contribution in [1.29, 1.82) is 0 Å². The van der Waals surface area contributed by atoms with Crippen LogP contribution in [0.3, 0.4) is 0 Å². The fourth-order valence-electron chi connectivity index (χ4n) is 2.92. The molecule has 7 heteroatoms. The number of hydrogen-bond acceptors (Lipinski definition) is 6. The molecule has 0 aliphatic carbocycles. The maximum Gasteiger partial charge on any atom is 0.353 e. The van der Waals surface area contributed by atoms with Crippen LogP contribution in [0, 0.1) is 17.8 Å². The molecule has 2 heterocycles. The SMILES string of the molecule is C#Cc1cn(C2CCC(C)O2)c(=O)nc1OCc1ccc(OC(=O)C(C)(C)C)cc1. The van der Waals surface area contributed by atoms with Gasteiger partial charge < -0.3 is 14.2 Å². The summed E-state index contributed by atoms with van der Waals surface area (Å²) >= 11 is 0. The van der Waals surface area contributed by atoms with Crippen LogP contribution >= 0.6 is 0 Å². The molecule has 2 atom stereocenters. The van der Waals surface area contributed by atoms with Crippen molar-refractivity contribution >= 4 is 5.97 Å². The van der Waals surface area contributed by atoms with E-state index >= 15 is 0 Å². The number of esters is 1. The number of carbonyl (C=O) groups excluding carboxylic acids is 1. The molecule has 0 amide bonds. The summed E-state index contributed by atoms with van der Waals surface area (Å²) in [7, 11) is 0. The summed E-state index contributed by atoms with van der Waals surface area (Å²) in [5.41, 5.74) is 0.148. The Hall–Kier alpha value is -3.11. The third-order valence-corrected chi connectivity index (χ3v) is 4.71. The van der Waals surface area contributed by atoms with Crippen molar-refractivity contribution in [2.75, 3.05) is 0 Å². The zero-order valence-electron chi connectivity index (χ0n) is 17.7. The van der Waals surface area contributed by atoms with Crippen molar-refractivity contribution in [2.24, 2.45) is 5.41 Å². The van der Waals surface area contributed by atoms with Crippen molar-refractivity contribution in [2.45, 2.75) is 59.5 Å². The number of hydrogen-bond donors (Lipinski definition) is 0. The highest BCUT2D eigenvalue weighted by Gasteiger charge is 2.25. The third kappa shape index (κ3) is 5.08. The summed E-state index contributed by atoms with van der Waals surface area (Å²) in [6, 6.07) is 6.93. The fraction of sp³-hybridized carbons (Fsp3) is 0.435. The molecule has 1 aliphatic rings. The first-order valence-electron chi connectivity index (χ1n) is 9.86. The summed E-state index contributed by atoms with van der Waals surface area (Å²) in [5.74, 6) is 2.77. The molecule has 1 fully saturated rings. The van der Waals surface area contributed by atoms with Crippen LogP contribution in [0.1, 0.15) is 57.9 Å². The normalized spacial score (nSPS) is 18.6. The van der Waals surface area contributed by atoms with Crippen LogP contribution in [0.25, 0.3) is 0 Å². The minimum atomic E-state index is -0.582. The lowest BCUT2D eigenvalue weighted by Gasteiger charge is -2.16. The van der Waals surface area contributed by atoms with Crippen LogP contribution in [0.2, 0.25) is 0 Å². The molecule has 0 saturated carbocycles. The predicted octanol–water partition coefficient (Wildman–Crippen LogP) is 3.45. The molecule has 0 bridgehead atoms. The van der Waals surface area contributed by atoms with Crippen LogP contribution in [0.5, 0.6) is 11.6 Å². The number of ether oxygens (including phenoxy) is 3. The Labute approximate surface area is 176 Å². The van der Waals surface area contributed by atoms with Gasteiger partial charge in [0.25, 0.3) is 0 Å². The van der Waals surface area contributed by atoms with E-state index in [9.17, 15) is 9.59 Å². The molecule has 1 aliphatic heterocycles. The zero-order valence-corrected chi connectivity index (χ0v) is 17.7. The second kappa shape index (κ2) is 8.72. The molecule has 1 aromatic carbocycles. The second-order valence-electron chi connectivity index (χ2n) is 8.34. The van der Waals surface area contributed by atoms with E-state index < -0.39 is 11.1 Å². The van der Waals surface area contributed by atoms with Gasteiger partial charge in [0.05, 0.1) is 11.5 Å². The topological polar surface area (TPSA) is 79.7 Å². The highest BCUT2D eigenvalue weighted by atomic mass is 16.5. The van der Waals surface area contributed by atoms with E-state index in [1.54, 1.807) is 51.2 Å². The molecule has 2 unspecified atom stereocenters. The first-order chi connectivity index (χ1) is 14.2. The Morgan fingerprint density at radius 2 is 2.00 bits per heavy atom. The first kappa shape index (κ1) is 21.6. The molecule has 0 radical (unpaired) electrons. The first-order valence-corrected chi connectivity index (χ1v) is 9.86. The third-order valence-electron chi connectivity index (χ3n) is 4.71. The van der Waals surface area contributed by atoms with E-state index in [1.807, 2.05) is 6.92 Å². The van der Waals surface area contributed by atoms with Crippen LogP contribution in [-0.4, -0.2) is 21.6 Å². The monoisotopic (exact) mass is 410 g/mol. The maximum absolute atomic E-state index is 12.4. The van der Waals surface area contributed by atoms with Gasteiger partial charge in [0.15, 0.2) is 0 Å². The fourth-order valence-corrected chi connectivity index (χ4v) is 2.92. The predicted molar refractivity (Wildman–Crippen MR) is 111 cm³/mol. The molecule has 30 heavy (non-hydrogen) atoms. The molecule has 1 aromatic heterocycles. The van der Waals surface area contributed by atoms with Crippen LogP contribution in [0.4, 0.5) is 0 Å². The van der Waals surface area contributed by atoms with E-state index in [-0.39, 0.29) is 30.8 Å². The van der Waals surface area contributed by atoms with Gasteiger partial charge in [0.2, 0.25) is 5.88 Å². The lowest BCUT2D eigenvalue weighted by molar-refractivity contribution is -0.143.